The fourth-order valence-corrected chi connectivity index (χ4v) is 4.37. The molecule has 3 amide bonds. The highest BCUT2D eigenvalue weighted by Crippen LogP contribution is 2.30. The van der Waals surface area contributed by atoms with Crippen molar-refractivity contribution < 1.29 is 23.2 Å². The van der Waals surface area contributed by atoms with Crippen molar-refractivity contribution >= 4 is 17.7 Å². The van der Waals surface area contributed by atoms with Gasteiger partial charge in [-0.1, -0.05) is 24.3 Å². The molecule has 4 rings (SSSR count). The van der Waals surface area contributed by atoms with E-state index in [9.17, 15) is 23.2 Å². The van der Waals surface area contributed by atoms with Crippen molar-refractivity contribution in [3.63, 3.8) is 0 Å². The summed E-state index contributed by atoms with van der Waals surface area (Å²) >= 11 is 0. The van der Waals surface area contributed by atoms with E-state index in [1.165, 1.54) is 29.2 Å². The van der Waals surface area contributed by atoms with Crippen molar-refractivity contribution in [3.8, 4) is 0 Å². The van der Waals surface area contributed by atoms with Crippen LogP contribution in [0.25, 0.3) is 0 Å². The number of hydrogen-bond acceptors (Lipinski definition) is 4. The number of imide groups is 1. The highest BCUT2D eigenvalue weighted by atomic mass is 19.1. The Bertz CT molecular complexity index is 925. The van der Waals surface area contributed by atoms with Crippen molar-refractivity contribution in [2.45, 2.75) is 25.3 Å². The van der Waals surface area contributed by atoms with Crippen LogP contribution in [0.15, 0.2) is 48.5 Å². The van der Waals surface area contributed by atoms with Gasteiger partial charge in [0.05, 0.1) is 6.04 Å². The molecule has 0 radical (unpaired) electrons. The predicted molar refractivity (Wildman–Crippen MR) is 113 cm³/mol. The van der Waals surface area contributed by atoms with Gasteiger partial charge in [-0.2, -0.15) is 0 Å². The van der Waals surface area contributed by atoms with Gasteiger partial charge in [-0.3, -0.25) is 24.2 Å². The number of carbonyl (C=O) groups excluding carboxylic acids is 3. The SMILES string of the molecule is O=C(CCN1C(=O)CCC1=O)N1CCN(C(c2ccc(F)cc2)c2ccc(F)cc2)CC1. The summed E-state index contributed by atoms with van der Waals surface area (Å²) in [5.74, 6) is -1.16. The van der Waals surface area contributed by atoms with Crippen LogP contribution in [0.1, 0.15) is 36.4 Å². The third-order valence-corrected chi connectivity index (χ3v) is 6.11. The van der Waals surface area contributed by atoms with E-state index in [-0.39, 0.29) is 61.2 Å². The Morgan fingerprint density at radius 1 is 0.781 bits per heavy atom. The molecule has 0 unspecified atom stereocenters. The van der Waals surface area contributed by atoms with E-state index in [1.54, 1.807) is 29.2 Å². The molecule has 2 saturated heterocycles. The normalized spacial score (nSPS) is 17.5. The standard InChI is InChI=1S/C24H25F2N3O3/c25-19-5-1-17(2-6-19)24(18-3-7-20(26)8-4-18)28-15-13-27(14-16-28)21(30)11-12-29-22(31)9-10-23(29)32/h1-8,24H,9-16H2. The maximum atomic E-state index is 13.5. The van der Waals surface area contributed by atoms with Crippen molar-refractivity contribution in [2.75, 3.05) is 32.7 Å². The summed E-state index contributed by atoms with van der Waals surface area (Å²) in [5.41, 5.74) is 1.78. The van der Waals surface area contributed by atoms with E-state index >= 15 is 0 Å². The monoisotopic (exact) mass is 441 g/mol. The van der Waals surface area contributed by atoms with Crippen molar-refractivity contribution in [1.82, 2.24) is 14.7 Å². The molecule has 0 bridgehead atoms. The van der Waals surface area contributed by atoms with Gasteiger partial charge in [0, 0.05) is 52.0 Å². The molecule has 2 aliphatic heterocycles. The number of amides is 3. The average molecular weight is 441 g/mol. The summed E-state index contributed by atoms with van der Waals surface area (Å²) in [6, 6.07) is 12.4. The zero-order valence-corrected chi connectivity index (χ0v) is 17.7. The van der Waals surface area contributed by atoms with Gasteiger partial charge in [-0.25, -0.2) is 8.78 Å². The van der Waals surface area contributed by atoms with Crippen LogP contribution >= 0.6 is 0 Å². The maximum Gasteiger partial charge on any atom is 0.229 e. The van der Waals surface area contributed by atoms with Gasteiger partial charge in [0.2, 0.25) is 17.7 Å². The van der Waals surface area contributed by atoms with Crippen LogP contribution < -0.4 is 0 Å². The van der Waals surface area contributed by atoms with Crippen LogP contribution in [0, 0.1) is 11.6 Å². The molecule has 0 atom stereocenters. The van der Waals surface area contributed by atoms with Gasteiger partial charge in [0.15, 0.2) is 0 Å². The Morgan fingerprint density at radius 2 is 1.25 bits per heavy atom. The lowest BCUT2D eigenvalue weighted by Crippen LogP contribution is -2.50. The number of benzene rings is 2. The smallest absolute Gasteiger partial charge is 0.229 e. The van der Waals surface area contributed by atoms with E-state index in [1.807, 2.05) is 0 Å². The second-order valence-electron chi connectivity index (χ2n) is 8.11. The highest BCUT2D eigenvalue weighted by Gasteiger charge is 2.31. The second-order valence-corrected chi connectivity index (χ2v) is 8.11. The minimum absolute atomic E-state index is 0.0859. The number of likely N-dealkylation sites (tertiary alicyclic amines) is 1. The molecule has 2 aromatic rings. The van der Waals surface area contributed by atoms with Crippen LogP contribution in [0.4, 0.5) is 8.78 Å². The summed E-state index contributed by atoms with van der Waals surface area (Å²) in [6.07, 6.45) is 0.566. The van der Waals surface area contributed by atoms with Crippen molar-refractivity contribution in [1.29, 1.82) is 0 Å². The second kappa shape index (κ2) is 9.56. The summed E-state index contributed by atoms with van der Waals surface area (Å²) in [5, 5.41) is 0. The maximum absolute atomic E-state index is 13.5. The first-order chi connectivity index (χ1) is 15.4. The van der Waals surface area contributed by atoms with Gasteiger partial charge in [-0.05, 0) is 35.4 Å². The van der Waals surface area contributed by atoms with Gasteiger partial charge in [0.25, 0.3) is 0 Å². The van der Waals surface area contributed by atoms with Gasteiger partial charge < -0.3 is 4.90 Å². The molecule has 2 heterocycles. The summed E-state index contributed by atoms with van der Waals surface area (Å²) in [6.45, 7) is 2.31. The number of hydrogen-bond donors (Lipinski definition) is 0. The zero-order chi connectivity index (χ0) is 22.7. The molecular weight excluding hydrogens is 416 g/mol. The summed E-state index contributed by atoms with van der Waals surface area (Å²) in [7, 11) is 0. The molecule has 0 aromatic heterocycles. The lowest BCUT2D eigenvalue weighted by atomic mass is 9.96. The van der Waals surface area contributed by atoms with Crippen LogP contribution in [-0.4, -0.2) is 65.1 Å². The van der Waals surface area contributed by atoms with Crippen LogP contribution in [0.2, 0.25) is 0 Å². The van der Waals surface area contributed by atoms with E-state index in [0.717, 1.165) is 11.1 Å². The number of nitrogens with zero attached hydrogens (tertiary/aromatic N) is 3. The summed E-state index contributed by atoms with van der Waals surface area (Å²) < 4.78 is 26.9. The number of rotatable bonds is 6. The average Bonchev–Trinajstić information content (AvgIpc) is 3.12. The number of piperazine rings is 1. The first-order valence-corrected chi connectivity index (χ1v) is 10.8. The number of carbonyl (C=O) groups is 3. The fourth-order valence-electron chi connectivity index (χ4n) is 4.37. The van der Waals surface area contributed by atoms with E-state index in [0.29, 0.717) is 26.2 Å². The Kier molecular flexibility index (Phi) is 6.60. The molecule has 32 heavy (non-hydrogen) atoms. The Balaban J connectivity index is 1.41. The first kappa shape index (κ1) is 22.1. The highest BCUT2D eigenvalue weighted by molar-refractivity contribution is 6.02. The van der Waals surface area contributed by atoms with Gasteiger partial charge in [-0.15, -0.1) is 0 Å². The van der Waals surface area contributed by atoms with Crippen molar-refractivity contribution in [3.05, 3.63) is 71.3 Å². The van der Waals surface area contributed by atoms with E-state index < -0.39 is 0 Å². The molecule has 0 saturated carbocycles. The number of halogens is 2. The molecule has 2 aromatic carbocycles. The molecule has 0 aliphatic carbocycles. The molecule has 2 aliphatic rings. The molecule has 8 heteroatoms. The minimum atomic E-state index is -0.322. The molecular formula is C24H25F2N3O3. The quantitative estimate of drug-likeness (QED) is 0.647. The Morgan fingerprint density at radius 3 is 1.72 bits per heavy atom. The van der Waals surface area contributed by atoms with Crippen LogP contribution in [0.5, 0.6) is 0 Å². The molecule has 6 nitrogen and oxygen atoms in total. The zero-order valence-electron chi connectivity index (χ0n) is 17.7. The van der Waals surface area contributed by atoms with Crippen LogP contribution in [-0.2, 0) is 14.4 Å². The van der Waals surface area contributed by atoms with Gasteiger partial charge in [0.1, 0.15) is 11.6 Å². The van der Waals surface area contributed by atoms with Crippen molar-refractivity contribution in [2.24, 2.45) is 0 Å². The Hall–Kier alpha value is -3.13. The largest absolute Gasteiger partial charge is 0.340 e. The Labute approximate surface area is 185 Å². The third-order valence-electron chi connectivity index (χ3n) is 6.11. The molecule has 0 N–H and O–H groups in total. The minimum Gasteiger partial charge on any atom is -0.340 e. The van der Waals surface area contributed by atoms with Crippen LogP contribution in [0.3, 0.4) is 0 Å². The van der Waals surface area contributed by atoms with Gasteiger partial charge >= 0.3 is 0 Å². The fraction of sp³-hybridized carbons (Fsp3) is 0.375. The lowest BCUT2D eigenvalue weighted by molar-refractivity contribution is -0.139. The van der Waals surface area contributed by atoms with E-state index in [4.69, 9.17) is 0 Å². The molecule has 2 fully saturated rings. The third kappa shape index (κ3) is 4.85. The predicted octanol–water partition coefficient (Wildman–Crippen LogP) is 2.74. The first-order valence-electron chi connectivity index (χ1n) is 10.8. The molecule has 168 valence electrons. The van der Waals surface area contributed by atoms with E-state index in [2.05, 4.69) is 4.90 Å². The lowest BCUT2D eigenvalue weighted by Gasteiger charge is -2.40. The molecule has 0 spiro atoms. The summed E-state index contributed by atoms with van der Waals surface area (Å²) in [4.78, 5) is 41.2. The topological polar surface area (TPSA) is 60.9 Å².